The van der Waals surface area contributed by atoms with Crippen LogP contribution in [0.25, 0.3) is 0 Å². The molecule has 1 aromatic heterocycles. The predicted molar refractivity (Wildman–Crippen MR) is 81.9 cm³/mol. The Morgan fingerprint density at radius 1 is 1.26 bits per heavy atom. The summed E-state index contributed by atoms with van der Waals surface area (Å²) in [7, 11) is 1.94. The van der Waals surface area contributed by atoms with Crippen LogP contribution < -0.4 is 10.6 Å². The second-order valence-electron chi connectivity index (χ2n) is 4.42. The third kappa shape index (κ3) is 3.11. The predicted octanol–water partition coefficient (Wildman–Crippen LogP) is 4.17. The highest BCUT2D eigenvalue weighted by molar-refractivity contribution is 6.33. The molecule has 1 unspecified atom stereocenters. The van der Waals surface area contributed by atoms with Gasteiger partial charge in [-0.1, -0.05) is 35.3 Å². The maximum absolute atomic E-state index is 6.18. The molecular formula is C14H15Cl2N3. The number of pyridine rings is 1. The molecule has 1 atom stereocenters. The van der Waals surface area contributed by atoms with Gasteiger partial charge in [0.1, 0.15) is 5.82 Å². The third-order valence-corrected chi connectivity index (χ3v) is 3.60. The molecule has 100 valence electrons. The molecule has 0 bridgehead atoms. The van der Waals surface area contributed by atoms with Crippen molar-refractivity contribution in [3.8, 4) is 0 Å². The molecule has 1 heterocycles. The van der Waals surface area contributed by atoms with E-state index in [1.807, 2.05) is 36.2 Å². The summed E-state index contributed by atoms with van der Waals surface area (Å²) in [6.45, 7) is 2.07. The van der Waals surface area contributed by atoms with E-state index in [9.17, 15) is 0 Å². The maximum atomic E-state index is 6.18. The van der Waals surface area contributed by atoms with Gasteiger partial charge in [-0.05, 0) is 30.7 Å². The van der Waals surface area contributed by atoms with E-state index in [0.717, 1.165) is 5.56 Å². The standard InChI is InChI=1S/C14H15Cl2N3/c1-9(10-4-3-5-11(15)6-10)19(2)14-13(16)7-12(17)8-18-14/h3-9H,17H2,1-2H3. The molecule has 1 aromatic carbocycles. The highest BCUT2D eigenvalue weighted by Gasteiger charge is 2.16. The highest BCUT2D eigenvalue weighted by atomic mass is 35.5. The van der Waals surface area contributed by atoms with Gasteiger partial charge in [0.05, 0.1) is 22.9 Å². The normalized spacial score (nSPS) is 12.2. The highest BCUT2D eigenvalue weighted by Crippen LogP contribution is 2.31. The quantitative estimate of drug-likeness (QED) is 0.924. The average molecular weight is 296 g/mol. The van der Waals surface area contributed by atoms with Gasteiger partial charge in [-0.25, -0.2) is 4.98 Å². The summed E-state index contributed by atoms with van der Waals surface area (Å²) in [6, 6.07) is 9.55. The first kappa shape index (κ1) is 14.0. The lowest BCUT2D eigenvalue weighted by Crippen LogP contribution is -2.23. The van der Waals surface area contributed by atoms with Gasteiger partial charge in [-0.2, -0.15) is 0 Å². The lowest BCUT2D eigenvalue weighted by Gasteiger charge is -2.27. The molecule has 0 spiro atoms. The van der Waals surface area contributed by atoms with Crippen LogP contribution in [-0.4, -0.2) is 12.0 Å². The first-order chi connectivity index (χ1) is 8.99. The van der Waals surface area contributed by atoms with Crippen LogP contribution in [0.4, 0.5) is 11.5 Å². The van der Waals surface area contributed by atoms with Gasteiger partial charge in [0, 0.05) is 12.1 Å². The molecule has 0 aliphatic carbocycles. The Hall–Kier alpha value is -1.45. The summed E-state index contributed by atoms with van der Waals surface area (Å²) in [5, 5.41) is 1.26. The Bertz CT molecular complexity index is 587. The summed E-state index contributed by atoms with van der Waals surface area (Å²) < 4.78 is 0. The van der Waals surface area contributed by atoms with Crippen molar-refractivity contribution in [1.29, 1.82) is 0 Å². The van der Waals surface area contributed by atoms with E-state index < -0.39 is 0 Å². The van der Waals surface area contributed by atoms with Crippen LogP contribution in [0, 0.1) is 0 Å². The molecule has 3 nitrogen and oxygen atoms in total. The van der Waals surface area contributed by atoms with Gasteiger partial charge in [0.15, 0.2) is 0 Å². The Kier molecular flexibility index (Phi) is 4.17. The third-order valence-electron chi connectivity index (χ3n) is 3.09. The lowest BCUT2D eigenvalue weighted by molar-refractivity contribution is 0.729. The van der Waals surface area contributed by atoms with Crippen molar-refractivity contribution in [3.63, 3.8) is 0 Å². The number of aromatic nitrogens is 1. The zero-order valence-corrected chi connectivity index (χ0v) is 12.3. The van der Waals surface area contributed by atoms with Crippen LogP contribution in [0.15, 0.2) is 36.5 Å². The number of hydrogen-bond donors (Lipinski definition) is 1. The van der Waals surface area contributed by atoms with E-state index in [-0.39, 0.29) is 6.04 Å². The first-order valence-corrected chi connectivity index (χ1v) is 6.64. The van der Waals surface area contributed by atoms with Gasteiger partial charge in [0.25, 0.3) is 0 Å². The van der Waals surface area contributed by atoms with E-state index in [0.29, 0.717) is 21.6 Å². The molecule has 0 amide bonds. The zero-order chi connectivity index (χ0) is 14.0. The minimum atomic E-state index is 0.104. The molecule has 0 saturated carbocycles. The number of halogens is 2. The van der Waals surface area contributed by atoms with E-state index >= 15 is 0 Å². The molecular weight excluding hydrogens is 281 g/mol. The number of nitrogens with zero attached hydrogens (tertiary/aromatic N) is 2. The summed E-state index contributed by atoms with van der Waals surface area (Å²) in [5.74, 6) is 0.698. The number of anilines is 2. The molecule has 0 fully saturated rings. The molecule has 19 heavy (non-hydrogen) atoms. The summed E-state index contributed by atoms with van der Waals surface area (Å²) in [6.07, 6.45) is 1.60. The monoisotopic (exact) mass is 295 g/mol. The van der Waals surface area contributed by atoms with Gasteiger partial charge < -0.3 is 10.6 Å². The molecule has 2 aromatic rings. The Labute approximate surface area is 123 Å². The Morgan fingerprint density at radius 3 is 2.63 bits per heavy atom. The fourth-order valence-electron chi connectivity index (χ4n) is 1.88. The number of nitrogens with two attached hydrogens (primary N) is 1. The van der Waals surface area contributed by atoms with Crippen LogP contribution >= 0.6 is 23.2 Å². The van der Waals surface area contributed by atoms with Crippen molar-refractivity contribution in [1.82, 2.24) is 4.98 Å². The molecule has 5 heteroatoms. The Balaban J connectivity index is 2.30. The van der Waals surface area contributed by atoms with Crippen molar-refractivity contribution in [2.75, 3.05) is 17.7 Å². The minimum absolute atomic E-state index is 0.104. The topological polar surface area (TPSA) is 42.2 Å². The van der Waals surface area contributed by atoms with E-state index in [1.54, 1.807) is 12.3 Å². The number of hydrogen-bond acceptors (Lipinski definition) is 3. The largest absolute Gasteiger partial charge is 0.397 e. The van der Waals surface area contributed by atoms with Gasteiger partial charge in [-0.3, -0.25) is 0 Å². The minimum Gasteiger partial charge on any atom is -0.397 e. The second-order valence-corrected chi connectivity index (χ2v) is 5.26. The lowest BCUT2D eigenvalue weighted by atomic mass is 10.1. The fraction of sp³-hybridized carbons (Fsp3) is 0.214. The molecule has 2 rings (SSSR count). The fourth-order valence-corrected chi connectivity index (χ4v) is 2.39. The second kappa shape index (κ2) is 5.68. The van der Waals surface area contributed by atoms with Crippen molar-refractivity contribution in [3.05, 3.63) is 52.1 Å². The van der Waals surface area contributed by atoms with Gasteiger partial charge in [0.2, 0.25) is 0 Å². The van der Waals surface area contributed by atoms with Crippen LogP contribution in [0.2, 0.25) is 10.0 Å². The summed E-state index contributed by atoms with van der Waals surface area (Å²) in [5.41, 5.74) is 7.31. The molecule has 0 saturated heterocycles. The van der Waals surface area contributed by atoms with Crippen LogP contribution in [0.1, 0.15) is 18.5 Å². The number of nitrogen functional groups attached to an aromatic ring is 1. The average Bonchev–Trinajstić information content (AvgIpc) is 2.37. The molecule has 0 aliphatic rings. The summed E-state index contributed by atoms with van der Waals surface area (Å²) in [4.78, 5) is 6.28. The van der Waals surface area contributed by atoms with Gasteiger partial charge >= 0.3 is 0 Å². The van der Waals surface area contributed by atoms with E-state index in [4.69, 9.17) is 28.9 Å². The molecule has 0 radical (unpaired) electrons. The first-order valence-electron chi connectivity index (χ1n) is 5.88. The van der Waals surface area contributed by atoms with Crippen molar-refractivity contribution in [2.45, 2.75) is 13.0 Å². The number of benzene rings is 1. The SMILES string of the molecule is CC(c1cccc(Cl)c1)N(C)c1ncc(N)cc1Cl. The molecule has 0 aliphatic heterocycles. The summed E-state index contributed by atoms with van der Waals surface area (Å²) >= 11 is 12.2. The van der Waals surface area contributed by atoms with Crippen molar-refractivity contribution in [2.24, 2.45) is 0 Å². The van der Waals surface area contributed by atoms with Crippen molar-refractivity contribution >= 4 is 34.7 Å². The Morgan fingerprint density at radius 2 is 2.00 bits per heavy atom. The van der Waals surface area contributed by atoms with Gasteiger partial charge in [-0.15, -0.1) is 0 Å². The number of rotatable bonds is 3. The smallest absolute Gasteiger partial charge is 0.147 e. The van der Waals surface area contributed by atoms with E-state index in [1.165, 1.54) is 0 Å². The maximum Gasteiger partial charge on any atom is 0.147 e. The van der Waals surface area contributed by atoms with Crippen molar-refractivity contribution < 1.29 is 0 Å². The van der Waals surface area contributed by atoms with Crippen LogP contribution in [0.3, 0.4) is 0 Å². The van der Waals surface area contributed by atoms with Crippen LogP contribution in [0.5, 0.6) is 0 Å². The van der Waals surface area contributed by atoms with E-state index in [2.05, 4.69) is 11.9 Å². The van der Waals surface area contributed by atoms with Crippen LogP contribution in [-0.2, 0) is 0 Å². The zero-order valence-electron chi connectivity index (χ0n) is 10.8. The molecule has 2 N–H and O–H groups in total.